The molecule has 13 heavy (non-hydrogen) atoms. The van der Waals surface area contributed by atoms with E-state index in [0.29, 0.717) is 0 Å². The standard InChI is InChI=1S/C12H19.Li/c1-6-7-12-10(4)8(2)9(3)11(12)5;/h6-7H2,1-5H3;/q-1;+1. The summed E-state index contributed by atoms with van der Waals surface area (Å²) in [5.74, 6) is 0. The minimum absolute atomic E-state index is 0. The van der Waals surface area contributed by atoms with Crippen LogP contribution in [0.1, 0.15) is 41.2 Å². The molecule has 0 amide bonds. The molecule has 68 valence electrons. The van der Waals surface area contributed by atoms with E-state index in [1.165, 1.54) is 35.1 Å². The van der Waals surface area contributed by atoms with Gasteiger partial charge in [0, 0.05) is 0 Å². The first kappa shape index (κ1) is 12.9. The summed E-state index contributed by atoms with van der Waals surface area (Å²) in [6.45, 7) is 11.2. The summed E-state index contributed by atoms with van der Waals surface area (Å²) in [6, 6.07) is 0. The molecule has 0 heterocycles. The molecule has 1 aromatic carbocycles. The Morgan fingerprint density at radius 3 is 1.92 bits per heavy atom. The number of hydrogen-bond donors (Lipinski definition) is 0. The molecule has 0 aliphatic heterocycles. The van der Waals surface area contributed by atoms with E-state index in [-0.39, 0.29) is 18.9 Å². The molecule has 1 rings (SSSR count). The fourth-order valence-corrected chi connectivity index (χ4v) is 1.92. The molecule has 1 aromatic rings. The largest absolute Gasteiger partial charge is 1.00 e. The first-order chi connectivity index (χ1) is 5.59. The Morgan fingerprint density at radius 2 is 1.62 bits per heavy atom. The third kappa shape index (κ3) is 2.25. The average molecular weight is 170 g/mol. The maximum atomic E-state index is 2.25. The van der Waals surface area contributed by atoms with Crippen LogP contribution in [0, 0.1) is 27.7 Å². The van der Waals surface area contributed by atoms with Gasteiger partial charge in [-0.05, 0) is 0 Å². The molecule has 0 unspecified atom stereocenters. The molecule has 0 N–H and O–H groups in total. The molecule has 0 aliphatic carbocycles. The summed E-state index contributed by atoms with van der Waals surface area (Å²) in [5.41, 5.74) is 7.62. The monoisotopic (exact) mass is 170 g/mol. The number of hydrogen-bond acceptors (Lipinski definition) is 0. The van der Waals surface area contributed by atoms with E-state index in [0.717, 1.165) is 0 Å². The van der Waals surface area contributed by atoms with Gasteiger partial charge in [0.2, 0.25) is 0 Å². The first-order valence-corrected chi connectivity index (χ1v) is 4.81. The van der Waals surface area contributed by atoms with Gasteiger partial charge in [0.15, 0.2) is 0 Å². The van der Waals surface area contributed by atoms with E-state index in [9.17, 15) is 0 Å². The molecule has 0 saturated carbocycles. The molecule has 0 fully saturated rings. The normalized spacial score (nSPS) is 9.92. The van der Waals surface area contributed by atoms with Crippen molar-refractivity contribution in [2.45, 2.75) is 47.5 Å². The zero-order valence-electron chi connectivity index (χ0n) is 9.91. The summed E-state index contributed by atoms with van der Waals surface area (Å²) in [5, 5.41) is 0. The van der Waals surface area contributed by atoms with Crippen molar-refractivity contribution in [1.82, 2.24) is 0 Å². The van der Waals surface area contributed by atoms with Gasteiger partial charge in [0.05, 0.1) is 0 Å². The smallest absolute Gasteiger partial charge is 0.196 e. The van der Waals surface area contributed by atoms with Gasteiger partial charge in [-0.25, -0.2) is 0 Å². The molecule has 0 aromatic heterocycles. The van der Waals surface area contributed by atoms with Crippen molar-refractivity contribution >= 4 is 0 Å². The Labute approximate surface area is 94.3 Å². The van der Waals surface area contributed by atoms with E-state index in [4.69, 9.17) is 0 Å². The van der Waals surface area contributed by atoms with Crippen LogP contribution in [0.5, 0.6) is 0 Å². The van der Waals surface area contributed by atoms with Gasteiger partial charge in [-0.3, -0.25) is 0 Å². The van der Waals surface area contributed by atoms with Gasteiger partial charge in [-0.15, -0.1) is 0 Å². The third-order valence-electron chi connectivity index (χ3n) is 3.09. The van der Waals surface area contributed by atoms with Gasteiger partial charge in [0.1, 0.15) is 0 Å². The molecule has 0 saturated heterocycles. The van der Waals surface area contributed by atoms with Crippen molar-refractivity contribution in [2.24, 2.45) is 0 Å². The Bertz CT molecular complexity index is 256. The van der Waals surface area contributed by atoms with Gasteiger partial charge in [0.25, 0.3) is 0 Å². The predicted molar refractivity (Wildman–Crippen MR) is 55.0 cm³/mol. The van der Waals surface area contributed by atoms with Crippen LogP contribution < -0.4 is 18.9 Å². The molecule has 0 aliphatic rings. The van der Waals surface area contributed by atoms with Crippen LogP contribution in [0.2, 0.25) is 0 Å². The van der Waals surface area contributed by atoms with Crippen LogP contribution in [0.3, 0.4) is 0 Å². The first-order valence-electron chi connectivity index (χ1n) is 4.81. The summed E-state index contributed by atoms with van der Waals surface area (Å²) >= 11 is 0. The maximum Gasteiger partial charge on any atom is 1.00 e. The Hall–Kier alpha value is -0.0526. The second-order valence-electron chi connectivity index (χ2n) is 3.73. The van der Waals surface area contributed by atoms with Gasteiger partial charge in [-0.1, -0.05) is 47.5 Å². The zero-order chi connectivity index (χ0) is 9.30. The third-order valence-corrected chi connectivity index (χ3v) is 3.09. The zero-order valence-corrected chi connectivity index (χ0v) is 9.91. The van der Waals surface area contributed by atoms with E-state index < -0.39 is 0 Å². The molecule has 0 atom stereocenters. The molecule has 0 bridgehead atoms. The Morgan fingerprint density at radius 1 is 1.08 bits per heavy atom. The van der Waals surface area contributed by atoms with Crippen LogP contribution in [0.15, 0.2) is 0 Å². The Kier molecular flexibility index (Phi) is 4.97. The predicted octanol–water partition coefficient (Wildman–Crippen LogP) is 0.596. The van der Waals surface area contributed by atoms with E-state index >= 15 is 0 Å². The van der Waals surface area contributed by atoms with Crippen molar-refractivity contribution in [3.63, 3.8) is 0 Å². The van der Waals surface area contributed by atoms with Gasteiger partial charge >= 0.3 is 18.9 Å². The molecule has 1 heteroatoms. The molecular formula is C12H19Li. The van der Waals surface area contributed by atoms with Crippen LogP contribution in [0.25, 0.3) is 0 Å². The summed E-state index contributed by atoms with van der Waals surface area (Å²) < 4.78 is 0. The molecule has 0 spiro atoms. The maximum absolute atomic E-state index is 2.25. The molecule has 0 radical (unpaired) electrons. The minimum atomic E-state index is 0. The van der Waals surface area contributed by atoms with E-state index in [2.05, 4.69) is 34.6 Å². The van der Waals surface area contributed by atoms with Crippen LogP contribution in [-0.4, -0.2) is 0 Å². The SMILES string of the molecule is CCCc1c(C)c(C)c(C)[c-]1C.[Li+]. The fraction of sp³-hybridized carbons (Fsp3) is 0.583. The topological polar surface area (TPSA) is 0 Å². The van der Waals surface area contributed by atoms with E-state index in [1.807, 2.05) is 0 Å². The Balaban J connectivity index is 0.00000144. The van der Waals surface area contributed by atoms with Crippen LogP contribution in [0.4, 0.5) is 0 Å². The number of rotatable bonds is 2. The molecular weight excluding hydrogens is 151 g/mol. The minimum Gasteiger partial charge on any atom is -0.196 e. The van der Waals surface area contributed by atoms with Crippen molar-refractivity contribution in [3.8, 4) is 0 Å². The van der Waals surface area contributed by atoms with Crippen molar-refractivity contribution in [2.75, 3.05) is 0 Å². The van der Waals surface area contributed by atoms with Crippen LogP contribution in [-0.2, 0) is 6.42 Å². The van der Waals surface area contributed by atoms with Crippen molar-refractivity contribution < 1.29 is 18.9 Å². The van der Waals surface area contributed by atoms with E-state index in [1.54, 1.807) is 5.56 Å². The van der Waals surface area contributed by atoms with Gasteiger partial charge < -0.3 is 0 Å². The quantitative estimate of drug-likeness (QED) is 0.450. The van der Waals surface area contributed by atoms with Crippen molar-refractivity contribution in [1.29, 1.82) is 0 Å². The van der Waals surface area contributed by atoms with Crippen LogP contribution >= 0.6 is 0 Å². The second kappa shape index (κ2) is 4.99. The molecule has 0 nitrogen and oxygen atoms in total. The summed E-state index contributed by atoms with van der Waals surface area (Å²) in [6.07, 6.45) is 2.50. The summed E-state index contributed by atoms with van der Waals surface area (Å²) in [4.78, 5) is 0. The fourth-order valence-electron chi connectivity index (χ4n) is 1.92. The van der Waals surface area contributed by atoms with Gasteiger partial charge in [-0.2, -0.15) is 27.8 Å². The average Bonchev–Trinajstić information content (AvgIpc) is 2.23. The summed E-state index contributed by atoms with van der Waals surface area (Å²) in [7, 11) is 0. The second-order valence-corrected chi connectivity index (χ2v) is 3.73. The van der Waals surface area contributed by atoms with Crippen molar-refractivity contribution in [3.05, 3.63) is 27.8 Å².